The molecule has 5 rings (SSSR count). The summed E-state index contributed by atoms with van der Waals surface area (Å²) in [6.45, 7) is 3.63. The zero-order chi connectivity index (χ0) is 27.2. The Hall–Kier alpha value is -4.96. The van der Waals surface area contributed by atoms with Gasteiger partial charge in [-0.05, 0) is 59.0 Å². The van der Waals surface area contributed by atoms with Gasteiger partial charge in [-0.25, -0.2) is 0 Å². The fraction of sp³-hybridized carbons (Fsp3) is 0.188. The normalized spacial score (nSPS) is 11.8. The van der Waals surface area contributed by atoms with Crippen LogP contribution in [0.3, 0.4) is 0 Å². The van der Waals surface area contributed by atoms with Crippen LogP contribution in [0.4, 0.5) is 0 Å². The number of aldehydes is 1. The molecule has 0 saturated carbocycles. The van der Waals surface area contributed by atoms with Gasteiger partial charge in [-0.3, -0.25) is 4.79 Å². The van der Waals surface area contributed by atoms with E-state index in [4.69, 9.17) is 28.9 Å². The van der Waals surface area contributed by atoms with Crippen molar-refractivity contribution in [1.29, 1.82) is 5.26 Å². The second-order valence-corrected chi connectivity index (χ2v) is 8.99. The van der Waals surface area contributed by atoms with Gasteiger partial charge in [-0.2, -0.15) is 5.26 Å². The lowest BCUT2D eigenvalue weighted by Gasteiger charge is -2.20. The Balaban J connectivity index is 1.36. The lowest BCUT2D eigenvalue weighted by Crippen LogP contribution is -2.15. The third-order valence-electron chi connectivity index (χ3n) is 6.56. The van der Waals surface area contributed by atoms with Gasteiger partial charge in [-0.15, -0.1) is 0 Å². The van der Waals surface area contributed by atoms with Crippen LogP contribution in [0, 0.1) is 18.3 Å². The summed E-state index contributed by atoms with van der Waals surface area (Å²) in [5.74, 6) is 2.69. The summed E-state index contributed by atoms with van der Waals surface area (Å²) in [7, 11) is 1.49. The zero-order valence-electron chi connectivity index (χ0n) is 21.7. The molecule has 1 aliphatic heterocycles. The molecule has 196 valence electrons. The molecular formula is C32H27NO6. The summed E-state index contributed by atoms with van der Waals surface area (Å²) in [5.41, 5.74) is 5.84. The van der Waals surface area contributed by atoms with Gasteiger partial charge in [0.15, 0.2) is 17.8 Å². The van der Waals surface area contributed by atoms with Crippen molar-refractivity contribution in [3.8, 4) is 45.9 Å². The molecule has 0 aromatic heterocycles. The predicted molar refractivity (Wildman–Crippen MR) is 146 cm³/mol. The number of hydrogen-bond acceptors (Lipinski definition) is 7. The zero-order valence-corrected chi connectivity index (χ0v) is 21.7. The molecule has 0 aliphatic carbocycles. The van der Waals surface area contributed by atoms with Gasteiger partial charge in [0.05, 0.1) is 24.3 Å². The molecule has 4 aromatic carbocycles. The minimum Gasteiger partial charge on any atom is -0.496 e. The Labute approximate surface area is 227 Å². The van der Waals surface area contributed by atoms with Crippen molar-refractivity contribution < 1.29 is 28.5 Å². The van der Waals surface area contributed by atoms with Crippen LogP contribution >= 0.6 is 0 Å². The van der Waals surface area contributed by atoms with Crippen LogP contribution in [0.25, 0.3) is 11.1 Å². The summed E-state index contributed by atoms with van der Waals surface area (Å²) in [5, 5.41) is 9.15. The first-order chi connectivity index (χ1) is 19.1. The van der Waals surface area contributed by atoms with Crippen molar-refractivity contribution in [2.24, 2.45) is 0 Å². The van der Waals surface area contributed by atoms with E-state index in [1.807, 2.05) is 36.4 Å². The first kappa shape index (κ1) is 25.7. The largest absolute Gasteiger partial charge is 0.496 e. The number of nitrogens with zero attached hydrogens (tertiary/aromatic N) is 1. The van der Waals surface area contributed by atoms with Gasteiger partial charge in [-0.1, -0.05) is 36.4 Å². The molecular weight excluding hydrogens is 494 g/mol. The number of rotatable bonds is 9. The number of methoxy groups -OCH3 is 1. The summed E-state index contributed by atoms with van der Waals surface area (Å²) in [6, 6.07) is 24.6. The van der Waals surface area contributed by atoms with Crippen LogP contribution in [-0.2, 0) is 13.2 Å². The molecule has 0 unspecified atom stereocenters. The Morgan fingerprint density at radius 2 is 1.69 bits per heavy atom. The van der Waals surface area contributed by atoms with Crippen LogP contribution in [0.15, 0.2) is 72.8 Å². The van der Waals surface area contributed by atoms with Gasteiger partial charge < -0.3 is 23.7 Å². The second-order valence-electron chi connectivity index (χ2n) is 8.99. The van der Waals surface area contributed by atoms with E-state index < -0.39 is 0 Å². The number of carbonyl (C=O) groups is 1. The molecule has 0 N–H and O–H groups in total. The maximum absolute atomic E-state index is 11.9. The van der Waals surface area contributed by atoms with E-state index in [-0.39, 0.29) is 12.2 Å². The molecule has 0 atom stereocenters. The second kappa shape index (κ2) is 11.6. The van der Waals surface area contributed by atoms with E-state index >= 15 is 0 Å². The van der Waals surface area contributed by atoms with Gasteiger partial charge in [0, 0.05) is 12.1 Å². The number of nitriles is 1. The van der Waals surface area contributed by atoms with Gasteiger partial charge >= 0.3 is 0 Å². The minimum absolute atomic E-state index is 0.180. The van der Waals surface area contributed by atoms with Crippen LogP contribution in [-0.4, -0.2) is 26.6 Å². The average molecular weight is 522 g/mol. The summed E-state index contributed by atoms with van der Waals surface area (Å²) in [6.07, 6.45) is 0.699. The molecule has 7 nitrogen and oxygen atoms in total. The van der Waals surface area contributed by atoms with Crippen molar-refractivity contribution >= 4 is 6.29 Å². The molecule has 7 heteroatoms. The maximum atomic E-state index is 11.9. The molecule has 0 spiro atoms. The topological polar surface area (TPSA) is 87.0 Å². The van der Waals surface area contributed by atoms with Crippen LogP contribution in [0.1, 0.15) is 32.6 Å². The molecule has 0 amide bonds. The SMILES string of the molecule is COc1cc(OCc2cccc(-c3ccc4c(c3)OCCO4)c2C)cc(OCc2cccc(C#N)c2)c1C=O. The van der Waals surface area contributed by atoms with E-state index in [1.54, 1.807) is 30.3 Å². The summed E-state index contributed by atoms with van der Waals surface area (Å²) in [4.78, 5) is 11.9. The Morgan fingerprint density at radius 1 is 0.897 bits per heavy atom. The first-order valence-corrected chi connectivity index (χ1v) is 12.5. The highest BCUT2D eigenvalue weighted by Crippen LogP contribution is 2.37. The quantitative estimate of drug-likeness (QED) is 0.239. The summed E-state index contributed by atoms with van der Waals surface area (Å²) >= 11 is 0. The minimum atomic E-state index is 0.180. The van der Waals surface area contributed by atoms with Gasteiger partial charge in [0.2, 0.25) is 0 Å². The molecule has 1 aliphatic rings. The first-order valence-electron chi connectivity index (χ1n) is 12.5. The van der Waals surface area contributed by atoms with Gasteiger partial charge in [0.25, 0.3) is 0 Å². The lowest BCUT2D eigenvalue weighted by atomic mass is 9.96. The van der Waals surface area contributed by atoms with Crippen molar-refractivity contribution in [1.82, 2.24) is 0 Å². The Morgan fingerprint density at radius 3 is 2.49 bits per heavy atom. The maximum Gasteiger partial charge on any atom is 0.161 e. The van der Waals surface area contributed by atoms with E-state index in [0.29, 0.717) is 48.9 Å². The molecule has 0 radical (unpaired) electrons. The number of hydrogen-bond donors (Lipinski definition) is 0. The number of benzene rings is 4. The van der Waals surface area contributed by atoms with Crippen molar-refractivity contribution in [3.63, 3.8) is 0 Å². The van der Waals surface area contributed by atoms with Crippen LogP contribution < -0.4 is 23.7 Å². The lowest BCUT2D eigenvalue weighted by molar-refractivity contribution is 0.111. The number of ether oxygens (including phenoxy) is 5. The number of fused-ring (bicyclic) bond motifs is 1. The monoisotopic (exact) mass is 521 g/mol. The molecule has 39 heavy (non-hydrogen) atoms. The van der Waals surface area contributed by atoms with E-state index in [2.05, 4.69) is 19.1 Å². The van der Waals surface area contributed by atoms with Crippen LogP contribution in [0.5, 0.6) is 28.7 Å². The molecule has 0 fully saturated rings. The molecule has 0 bridgehead atoms. The van der Waals surface area contributed by atoms with E-state index in [9.17, 15) is 4.79 Å². The highest BCUT2D eigenvalue weighted by Gasteiger charge is 2.16. The smallest absolute Gasteiger partial charge is 0.161 e. The fourth-order valence-electron chi connectivity index (χ4n) is 4.48. The third kappa shape index (κ3) is 5.65. The van der Waals surface area contributed by atoms with Crippen LogP contribution in [0.2, 0.25) is 0 Å². The fourth-order valence-corrected chi connectivity index (χ4v) is 4.48. The Bertz CT molecular complexity index is 1560. The predicted octanol–water partition coefficient (Wildman–Crippen LogP) is 6.28. The summed E-state index contributed by atoms with van der Waals surface area (Å²) < 4.78 is 29.0. The van der Waals surface area contributed by atoms with Crippen molar-refractivity contribution in [2.75, 3.05) is 20.3 Å². The van der Waals surface area contributed by atoms with Gasteiger partial charge in [0.1, 0.15) is 43.7 Å². The van der Waals surface area contributed by atoms with Crippen molar-refractivity contribution in [3.05, 3.63) is 101 Å². The molecule has 1 heterocycles. The van der Waals surface area contributed by atoms with E-state index in [1.165, 1.54) is 7.11 Å². The third-order valence-corrected chi connectivity index (χ3v) is 6.56. The highest BCUT2D eigenvalue weighted by atomic mass is 16.6. The van der Waals surface area contributed by atoms with E-state index in [0.717, 1.165) is 39.3 Å². The molecule has 0 saturated heterocycles. The van der Waals surface area contributed by atoms with Crippen molar-refractivity contribution in [2.45, 2.75) is 20.1 Å². The standard InChI is InChI=1S/C32H27NO6/c1-21-25(7-4-8-27(21)24-9-10-29-32(14-24)37-12-11-36-29)20-38-26-15-30(35-2)28(18-34)31(16-26)39-19-23-6-3-5-22(13-23)17-33/h3-10,13-16,18H,11-12,19-20H2,1-2H3. The number of carbonyl (C=O) groups excluding carboxylic acids is 1. The molecule has 4 aromatic rings. The average Bonchev–Trinajstić information content (AvgIpc) is 2.99. The Kier molecular flexibility index (Phi) is 7.65. The highest BCUT2D eigenvalue weighted by molar-refractivity contribution is 5.84.